The van der Waals surface area contributed by atoms with Gasteiger partial charge in [0.15, 0.2) is 0 Å². The van der Waals surface area contributed by atoms with E-state index in [1.165, 1.54) is 16.4 Å². The highest BCUT2D eigenvalue weighted by molar-refractivity contribution is 7.84. The maximum absolute atomic E-state index is 13.0. The molecule has 7 heteroatoms. The van der Waals surface area contributed by atoms with Gasteiger partial charge in [0.2, 0.25) is 0 Å². The van der Waals surface area contributed by atoms with E-state index in [9.17, 15) is 12.8 Å². The summed E-state index contributed by atoms with van der Waals surface area (Å²) in [5.74, 6) is 0.0617. The molecular formula is C15H13FN2O3S. The van der Waals surface area contributed by atoms with Crippen LogP contribution in [0.15, 0.2) is 48.5 Å². The van der Waals surface area contributed by atoms with E-state index in [4.69, 9.17) is 4.18 Å². The highest BCUT2D eigenvalue weighted by atomic mass is 32.2. The van der Waals surface area contributed by atoms with E-state index in [-0.39, 0.29) is 18.5 Å². The fourth-order valence-electron chi connectivity index (χ4n) is 2.94. The number of hydrogen-bond acceptors (Lipinski definition) is 4. The summed E-state index contributed by atoms with van der Waals surface area (Å²) >= 11 is 0. The van der Waals surface area contributed by atoms with E-state index in [1.807, 2.05) is 17.0 Å². The van der Waals surface area contributed by atoms with Crippen LogP contribution >= 0.6 is 0 Å². The van der Waals surface area contributed by atoms with Crippen molar-refractivity contribution in [2.75, 3.05) is 18.1 Å². The Kier molecular flexibility index (Phi) is 2.88. The average molecular weight is 320 g/mol. The highest BCUT2D eigenvalue weighted by Gasteiger charge is 2.45. The molecule has 0 bridgehead atoms. The van der Waals surface area contributed by atoms with Crippen LogP contribution in [0, 0.1) is 5.82 Å². The molecular weight excluding hydrogens is 307 g/mol. The first-order valence-electron chi connectivity index (χ1n) is 6.85. The molecule has 0 spiro atoms. The third-order valence-electron chi connectivity index (χ3n) is 4.00. The van der Waals surface area contributed by atoms with Crippen LogP contribution < -0.4 is 9.08 Å². The highest BCUT2D eigenvalue weighted by Crippen LogP contribution is 2.42. The number of hydrogen-bond donors (Lipinski definition) is 0. The van der Waals surface area contributed by atoms with Gasteiger partial charge in [-0.05, 0) is 30.3 Å². The molecule has 22 heavy (non-hydrogen) atoms. The van der Waals surface area contributed by atoms with Crippen LogP contribution in [0.4, 0.5) is 10.1 Å². The molecule has 0 amide bonds. The third kappa shape index (κ3) is 2.05. The molecule has 2 aromatic rings. The largest absolute Gasteiger partial charge is 0.387 e. The predicted molar refractivity (Wildman–Crippen MR) is 79.2 cm³/mol. The van der Waals surface area contributed by atoms with Gasteiger partial charge in [0, 0.05) is 17.8 Å². The number of benzene rings is 2. The van der Waals surface area contributed by atoms with Crippen molar-refractivity contribution in [3.63, 3.8) is 0 Å². The van der Waals surface area contributed by atoms with Crippen molar-refractivity contribution in [3.05, 3.63) is 59.9 Å². The lowest BCUT2D eigenvalue weighted by Crippen LogP contribution is -2.39. The second-order valence-corrected chi connectivity index (χ2v) is 6.81. The first-order chi connectivity index (χ1) is 10.5. The summed E-state index contributed by atoms with van der Waals surface area (Å²) in [5, 5.41) is 0. The quantitative estimate of drug-likeness (QED) is 0.809. The van der Waals surface area contributed by atoms with Crippen LogP contribution in [0.5, 0.6) is 5.75 Å². The second kappa shape index (κ2) is 4.69. The van der Waals surface area contributed by atoms with E-state index in [0.717, 1.165) is 11.3 Å². The molecule has 2 aliphatic rings. The van der Waals surface area contributed by atoms with Gasteiger partial charge in [-0.3, -0.25) is 0 Å². The lowest BCUT2D eigenvalue weighted by Gasteiger charge is -2.28. The molecule has 5 nitrogen and oxygen atoms in total. The minimum absolute atomic E-state index is 0.187. The summed E-state index contributed by atoms with van der Waals surface area (Å²) in [6, 6.07) is 12.9. The van der Waals surface area contributed by atoms with E-state index in [0.29, 0.717) is 12.3 Å². The van der Waals surface area contributed by atoms with Gasteiger partial charge in [-0.15, -0.1) is 4.31 Å². The predicted octanol–water partition coefficient (Wildman–Crippen LogP) is 2.28. The van der Waals surface area contributed by atoms with Crippen LogP contribution in [-0.4, -0.2) is 25.9 Å². The summed E-state index contributed by atoms with van der Waals surface area (Å²) in [6.45, 7) is 0.693. The number of nitrogens with zero attached hydrogens (tertiary/aromatic N) is 2. The van der Waals surface area contributed by atoms with Crippen molar-refractivity contribution in [1.82, 2.24) is 4.31 Å². The van der Waals surface area contributed by atoms with E-state index in [2.05, 4.69) is 0 Å². The van der Waals surface area contributed by atoms with Gasteiger partial charge in [-0.2, -0.15) is 8.42 Å². The zero-order chi connectivity index (χ0) is 15.3. The number of rotatable bonds is 1. The molecule has 2 aromatic carbocycles. The number of halogens is 1. The molecule has 1 saturated heterocycles. The first kappa shape index (κ1) is 13.5. The molecule has 2 aliphatic heterocycles. The van der Waals surface area contributed by atoms with Gasteiger partial charge in [0.05, 0.1) is 12.7 Å². The summed E-state index contributed by atoms with van der Waals surface area (Å²) in [5.41, 5.74) is 1.63. The fourth-order valence-corrected chi connectivity index (χ4v) is 4.18. The van der Waals surface area contributed by atoms with Crippen molar-refractivity contribution in [2.24, 2.45) is 0 Å². The van der Waals surface area contributed by atoms with Gasteiger partial charge in [-0.1, -0.05) is 18.2 Å². The Bertz CT molecular complexity index is 823. The summed E-state index contributed by atoms with van der Waals surface area (Å²) in [6.07, 6.45) is 0. The molecule has 1 atom stereocenters. The zero-order valence-electron chi connectivity index (χ0n) is 11.5. The summed E-state index contributed by atoms with van der Waals surface area (Å²) < 4.78 is 44.1. The molecule has 2 heterocycles. The smallest absolute Gasteiger partial charge is 0.370 e. The number of fused-ring (bicyclic) bond motifs is 3. The standard InChI is InChI=1S/C15H13FN2O3S/c16-11-5-7-12(8-6-11)17-9-14-13-3-1-2-4-15(13)21-22(19,20)18(14)10-17/h1-8,14H,9-10H2/t14-/m0/s1. The molecule has 0 unspecified atom stereocenters. The fraction of sp³-hybridized carbons (Fsp3) is 0.200. The monoisotopic (exact) mass is 320 g/mol. The Balaban J connectivity index is 1.74. The van der Waals surface area contributed by atoms with Crippen molar-refractivity contribution >= 4 is 16.0 Å². The van der Waals surface area contributed by atoms with E-state index < -0.39 is 10.3 Å². The summed E-state index contributed by atoms with van der Waals surface area (Å²) in [4.78, 5) is 1.90. The van der Waals surface area contributed by atoms with Crippen LogP contribution in [0.1, 0.15) is 11.6 Å². The Labute approximate surface area is 127 Å². The van der Waals surface area contributed by atoms with Crippen LogP contribution in [0.25, 0.3) is 0 Å². The Morgan fingerprint density at radius 3 is 2.59 bits per heavy atom. The van der Waals surface area contributed by atoms with Crippen LogP contribution in [0.3, 0.4) is 0 Å². The lowest BCUT2D eigenvalue weighted by atomic mass is 10.1. The maximum atomic E-state index is 13.0. The second-order valence-electron chi connectivity index (χ2n) is 5.32. The molecule has 0 N–H and O–H groups in total. The zero-order valence-corrected chi connectivity index (χ0v) is 12.3. The molecule has 0 aliphatic carbocycles. The van der Waals surface area contributed by atoms with Crippen molar-refractivity contribution in [2.45, 2.75) is 6.04 Å². The molecule has 114 valence electrons. The topological polar surface area (TPSA) is 49.9 Å². The molecule has 1 fully saturated rings. The maximum Gasteiger partial charge on any atom is 0.387 e. The normalized spacial score (nSPS) is 22.8. The molecule has 4 rings (SSSR count). The van der Waals surface area contributed by atoms with E-state index >= 15 is 0 Å². The van der Waals surface area contributed by atoms with Gasteiger partial charge in [0.25, 0.3) is 0 Å². The first-order valence-corrected chi connectivity index (χ1v) is 8.22. The van der Waals surface area contributed by atoms with Gasteiger partial charge < -0.3 is 9.08 Å². The minimum Gasteiger partial charge on any atom is -0.370 e. The third-order valence-corrected chi connectivity index (χ3v) is 5.34. The Morgan fingerprint density at radius 1 is 1.09 bits per heavy atom. The van der Waals surface area contributed by atoms with Crippen molar-refractivity contribution in [3.8, 4) is 5.75 Å². The van der Waals surface area contributed by atoms with Crippen molar-refractivity contribution < 1.29 is 17.0 Å². The molecule has 0 aromatic heterocycles. The lowest BCUT2D eigenvalue weighted by molar-refractivity contribution is 0.322. The Hall–Kier alpha value is -2.12. The molecule has 0 radical (unpaired) electrons. The summed E-state index contributed by atoms with van der Waals surface area (Å²) in [7, 11) is -3.81. The van der Waals surface area contributed by atoms with E-state index in [1.54, 1.807) is 24.3 Å². The number of para-hydroxylation sites is 1. The SMILES string of the molecule is O=S1(=O)Oc2ccccc2[C@@H]2CN(c3ccc(F)cc3)CN21. The van der Waals surface area contributed by atoms with Gasteiger partial charge in [0.1, 0.15) is 11.6 Å². The van der Waals surface area contributed by atoms with Crippen molar-refractivity contribution in [1.29, 1.82) is 0 Å². The number of anilines is 1. The minimum atomic E-state index is -3.81. The van der Waals surface area contributed by atoms with Gasteiger partial charge in [-0.25, -0.2) is 4.39 Å². The van der Waals surface area contributed by atoms with Crippen LogP contribution in [0.2, 0.25) is 0 Å². The van der Waals surface area contributed by atoms with Gasteiger partial charge >= 0.3 is 10.3 Å². The Morgan fingerprint density at radius 2 is 1.82 bits per heavy atom. The van der Waals surface area contributed by atoms with Crippen LogP contribution in [-0.2, 0) is 10.3 Å². The average Bonchev–Trinajstić information content (AvgIpc) is 2.94. The molecule has 0 saturated carbocycles.